The molecule has 0 unspecified atom stereocenters. The summed E-state index contributed by atoms with van der Waals surface area (Å²) in [5.74, 6) is -0.326. The summed E-state index contributed by atoms with van der Waals surface area (Å²) in [5, 5.41) is 3.61. The molecule has 0 aliphatic carbocycles. The Balaban J connectivity index is 2.08. The molecule has 232 valence electrons. The van der Waals surface area contributed by atoms with Crippen LogP contribution in [0.25, 0.3) is 0 Å². The van der Waals surface area contributed by atoms with E-state index in [1.165, 1.54) is 17.0 Å². The molecule has 0 saturated heterocycles. The first kappa shape index (κ1) is 34.7. The highest BCUT2D eigenvalue weighted by molar-refractivity contribution is 9.10. The number of nitrogens with zero attached hydrogens (tertiary/aromatic N) is 2. The zero-order valence-corrected chi connectivity index (χ0v) is 28.4. The van der Waals surface area contributed by atoms with Crippen molar-refractivity contribution < 1.29 is 22.7 Å². The molecule has 0 bridgehead atoms. The molecule has 3 aromatic carbocycles. The summed E-state index contributed by atoms with van der Waals surface area (Å²) in [4.78, 5) is 29.0. The van der Waals surface area contributed by atoms with E-state index in [-0.39, 0.29) is 29.1 Å². The van der Waals surface area contributed by atoms with Crippen LogP contribution in [0.4, 0.5) is 5.69 Å². The third kappa shape index (κ3) is 9.11. The van der Waals surface area contributed by atoms with E-state index in [4.69, 9.17) is 27.9 Å². The van der Waals surface area contributed by atoms with Gasteiger partial charge in [-0.15, -0.1) is 0 Å². The monoisotopic (exact) mass is 711 g/mol. The van der Waals surface area contributed by atoms with Crippen LogP contribution in [0.2, 0.25) is 10.0 Å². The Kier molecular flexibility index (Phi) is 12.7. The highest BCUT2D eigenvalue weighted by Crippen LogP contribution is 2.28. The van der Waals surface area contributed by atoms with E-state index in [1.807, 2.05) is 20.8 Å². The van der Waals surface area contributed by atoms with E-state index < -0.39 is 28.5 Å². The Bertz CT molecular complexity index is 1500. The number of nitrogens with one attached hydrogen (secondary N) is 1. The van der Waals surface area contributed by atoms with Crippen LogP contribution in [-0.2, 0) is 26.2 Å². The second kappa shape index (κ2) is 15.8. The van der Waals surface area contributed by atoms with Crippen molar-refractivity contribution in [3.63, 3.8) is 0 Å². The zero-order valence-electron chi connectivity index (χ0n) is 24.5. The van der Waals surface area contributed by atoms with Gasteiger partial charge < -0.3 is 15.0 Å². The normalized spacial score (nSPS) is 12.7. The maximum Gasteiger partial charge on any atom is 0.264 e. The van der Waals surface area contributed by atoms with Crippen molar-refractivity contribution in [3.8, 4) is 5.75 Å². The largest absolute Gasteiger partial charge is 0.494 e. The number of hydrogen-bond acceptors (Lipinski definition) is 5. The fourth-order valence-electron chi connectivity index (χ4n) is 4.33. The smallest absolute Gasteiger partial charge is 0.264 e. The number of carbonyl (C=O) groups excluding carboxylic acids is 2. The van der Waals surface area contributed by atoms with E-state index in [0.717, 1.165) is 4.31 Å². The van der Waals surface area contributed by atoms with Gasteiger partial charge in [0.1, 0.15) is 18.3 Å². The first-order valence-corrected chi connectivity index (χ1v) is 16.9. The van der Waals surface area contributed by atoms with Crippen molar-refractivity contribution >= 4 is 66.7 Å². The molecule has 2 amide bonds. The summed E-state index contributed by atoms with van der Waals surface area (Å²) >= 11 is 15.7. The molecule has 0 aliphatic rings. The topological polar surface area (TPSA) is 96.0 Å². The maximum absolute atomic E-state index is 14.2. The third-order valence-corrected chi connectivity index (χ3v) is 9.90. The highest BCUT2D eigenvalue weighted by Gasteiger charge is 2.34. The minimum Gasteiger partial charge on any atom is -0.494 e. The molecule has 8 nitrogen and oxygen atoms in total. The number of benzene rings is 3. The van der Waals surface area contributed by atoms with Crippen molar-refractivity contribution in [1.82, 2.24) is 10.2 Å². The molecule has 43 heavy (non-hydrogen) atoms. The standard InChI is InChI=1S/C31H36BrCl2N3O5S/c1-5-21(4)35-31(39)29(6-2)36(19-22-8-17-27(33)28(34)18-22)30(38)20-37(24-11-13-25(14-12-24)42-7-3)43(40,41)26-15-9-23(32)10-16-26/h8-18,21,29H,5-7,19-20H2,1-4H3,(H,35,39)/t21-,29+/m0/s1. The average molecular weight is 714 g/mol. The van der Waals surface area contributed by atoms with Gasteiger partial charge in [0.2, 0.25) is 11.8 Å². The first-order valence-electron chi connectivity index (χ1n) is 14.0. The molecular weight excluding hydrogens is 677 g/mol. The lowest BCUT2D eigenvalue weighted by Gasteiger charge is -2.33. The van der Waals surface area contributed by atoms with E-state index in [1.54, 1.807) is 61.5 Å². The molecule has 1 N–H and O–H groups in total. The molecule has 0 spiro atoms. The minimum absolute atomic E-state index is 0.00923. The number of hydrogen-bond donors (Lipinski definition) is 1. The van der Waals surface area contributed by atoms with E-state index in [0.29, 0.717) is 45.3 Å². The number of rotatable bonds is 14. The maximum atomic E-state index is 14.2. The van der Waals surface area contributed by atoms with Crippen molar-refractivity contribution in [2.24, 2.45) is 0 Å². The first-order chi connectivity index (χ1) is 20.4. The number of halogens is 3. The minimum atomic E-state index is -4.20. The number of sulfonamides is 1. The van der Waals surface area contributed by atoms with Crippen LogP contribution in [-0.4, -0.2) is 50.4 Å². The van der Waals surface area contributed by atoms with Crippen LogP contribution >= 0.6 is 39.1 Å². The number of anilines is 1. The summed E-state index contributed by atoms with van der Waals surface area (Å²) in [5.41, 5.74) is 0.909. The molecule has 0 radical (unpaired) electrons. The zero-order chi connectivity index (χ0) is 31.7. The summed E-state index contributed by atoms with van der Waals surface area (Å²) in [6, 6.07) is 16.6. The van der Waals surface area contributed by atoms with E-state index in [9.17, 15) is 18.0 Å². The molecule has 3 aromatic rings. The second-order valence-corrected chi connectivity index (χ2v) is 13.5. The lowest BCUT2D eigenvalue weighted by atomic mass is 10.1. The fourth-order valence-corrected chi connectivity index (χ4v) is 6.33. The summed E-state index contributed by atoms with van der Waals surface area (Å²) < 4.78 is 35.3. The van der Waals surface area contributed by atoms with Gasteiger partial charge in [-0.3, -0.25) is 13.9 Å². The molecule has 0 aliphatic heterocycles. The molecule has 0 fully saturated rings. The van der Waals surface area contributed by atoms with Gasteiger partial charge in [-0.1, -0.05) is 59.0 Å². The van der Waals surface area contributed by atoms with Gasteiger partial charge in [-0.25, -0.2) is 8.42 Å². The van der Waals surface area contributed by atoms with Crippen LogP contribution in [0.1, 0.15) is 46.1 Å². The quantitative estimate of drug-likeness (QED) is 0.193. The van der Waals surface area contributed by atoms with Gasteiger partial charge in [-0.2, -0.15) is 0 Å². The average Bonchev–Trinajstić information content (AvgIpc) is 2.98. The lowest BCUT2D eigenvalue weighted by Crippen LogP contribution is -2.53. The predicted molar refractivity (Wildman–Crippen MR) is 175 cm³/mol. The van der Waals surface area contributed by atoms with Crippen LogP contribution in [0.15, 0.2) is 76.1 Å². The molecule has 3 rings (SSSR count). The Morgan fingerprint density at radius 3 is 2.14 bits per heavy atom. The Morgan fingerprint density at radius 2 is 1.58 bits per heavy atom. The van der Waals surface area contributed by atoms with Gasteiger partial charge in [0.25, 0.3) is 10.0 Å². The summed E-state index contributed by atoms with van der Waals surface area (Å²) in [6.07, 6.45) is 1.01. The second-order valence-electron chi connectivity index (χ2n) is 9.90. The van der Waals surface area contributed by atoms with Gasteiger partial charge in [0.05, 0.1) is 27.2 Å². The van der Waals surface area contributed by atoms with Crippen LogP contribution in [0.3, 0.4) is 0 Å². The predicted octanol–water partition coefficient (Wildman–Crippen LogP) is 7.07. The Morgan fingerprint density at radius 1 is 0.930 bits per heavy atom. The van der Waals surface area contributed by atoms with Crippen LogP contribution in [0, 0.1) is 0 Å². The number of amides is 2. The Hall–Kier alpha value is -2.79. The SMILES string of the molecule is CCOc1ccc(N(CC(=O)N(Cc2ccc(Cl)c(Cl)c2)[C@H](CC)C(=O)N[C@@H](C)CC)S(=O)(=O)c2ccc(Br)cc2)cc1. The summed E-state index contributed by atoms with van der Waals surface area (Å²) in [7, 11) is -4.20. The van der Waals surface area contributed by atoms with Gasteiger partial charge in [-0.05, 0) is 92.9 Å². The molecular formula is C31H36BrCl2N3O5S. The van der Waals surface area contributed by atoms with Crippen LogP contribution < -0.4 is 14.4 Å². The lowest BCUT2D eigenvalue weighted by molar-refractivity contribution is -0.140. The highest BCUT2D eigenvalue weighted by atomic mass is 79.9. The molecule has 12 heteroatoms. The van der Waals surface area contributed by atoms with Gasteiger partial charge in [0, 0.05) is 17.1 Å². The van der Waals surface area contributed by atoms with Crippen molar-refractivity contribution in [2.75, 3.05) is 17.5 Å². The van der Waals surface area contributed by atoms with Crippen molar-refractivity contribution in [2.45, 2.75) is 64.1 Å². The summed E-state index contributed by atoms with van der Waals surface area (Å²) in [6.45, 7) is 7.39. The Labute approximate surface area is 272 Å². The van der Waals surface area contributed by atoms with Crippen molar-refractivity contribution in [1.29, 1.82) is 0 Å². The third-order valence-electron chi connectivity index (χ3n) is 6.84. The molecule has 2 atom stereocenters. The van der Waals surface area contributed by atoms with E-state index >= 15 is 0 Å². The molecule has 0 saturated carbocycles. The number of ether oxygens (including phenoxy) is 1. The van der Waals surface area contributed by atoms with Crippen molar-refractivity contribution in [3.05, 3.63) is 86.8 Å². The van der Waals surface area contributed by atoms with E-state index in [2.05, 4.69) is 21.2 Å². The number of carbonyl (C=O) groups is 2. The van der Waals surface area contributed by atoms with Crippen LogP contribution in [0.5, 0.6) is 5.75 Å². The molecule has 0 aromatic heterocycles. The van der Waals surface area contributed by atoms with Gasteiger partial charge >= 0.3 is 0 Å². The molecule has 0 heterocycles. The van der Waals surface area contributed by atoms with Gasteiger partial charge in [0.15, 0.2) is 0 Å². The fraction of sp³-hybridized carbons (Fsp3) is 0.355.